The van der Waals surface area contributed by atoms with Crippen molar-refractivity contribution in [3.63, 3.8) is 0 Å². The van der Waals surface area contributed by atoms with Gasteiger partial charge in [-0.3, -0.25) is 9.59 Å². The molecule has 0 fully saturated rings. The van der Waals surface area contributed by atoms with E-state index >= 15 is 0 Å². The third-order valence-corrected chi connectivity index (χ3v) is 1.95. The van der Waals surface area contributed by atoms with Gasteiger partial charge in [-0.15, -0.1) is 0 Å². The Morgan fingerprint density at radius 3 is 1.04 bits per heavy atom. The predicted molar refractivity (Wildman–Crippen MR) is 79.9 cm³/mol. The van der Waals surface area contributed by atoms with Crippen LogP contribution in [-0.2, 0) is 19.2 Å². The molecule has 0 aromatic carbocycles. The number of nitrogens with two attached hydrogens (primary N) is 2. The van der Waals surface area contributed by atoms with Crippen LogP contribution in [0.3, 0.4) is 0 Å². The summed E-state index contributed by atoms with van der Waals surface area (Å²) in [7, 11) is 0. The Hall–Kier alpha value is -1.10. The third kappa shape index (κ3) is 35.0. The summed E-state index contributed by atoms with van der Waals surface area (Å²) in [6.07, 6.45) is -0.795. The summed E-state index contributed by atoms with van der Waals surface area (Å²) in [5.74, 6) is -4.95. The number of carboxylic acids is 4. The van der Waals surface area contributed by atoms with Gasteiger partial charge in [0.2, 0.25) is 0 Å². The normalized spacial score (nSPS) is 10.0. The Labute approximate surface area is 172 Å². The maximum absolute atomic E-state index is 9.97. The van der Waals surface area contributed by atoms with Crippen molar-refractivity contribution in [1.29, 1.82) is 0 Å². The van der Waals surface area contributed by atoms with Crippen molar-refractivity contribution in [3.05, 3.63) is 0 Å². The Morgan fingerprint density at radius 1 is 0.720 bits per heavy atom. The zero-order valence-electron chi connectivity index (χ0n) is 13.2. The molecule has 2 atom stereocenters. The van der Waals surface area contributed by atoms with Crippen LogP contribution >= 0.6 is 0 Å². The molecule has 0 heterocycles. The Morgan fingerprint density at radius 2 is 0.920 bits per heavy atom. The molecule has 14 N–H and O–H groups in total. The number of carbonyl (C=O) groups is 4. The minimum absolute atomic E-state index is 0. The minimum atomic E-state index is -1.28. The van der Waals surface area contributed by atoms with Crippen LogP contribution in [-0.4, -0.2) is 106 Å². The van der Waals surface area contributed by atoms with Crippen molar-refractivity contribution < 1.29 is 61.5 Å². The van der Waals surface area contributed by atoms with E-state index in [2.05, 4.69) is 0 Å². The van der Waals surface area contributed by atoms with E-state index in [0.717, 1.165) is 0 Å². The molecule has 0 bridgehead atoms. The van der Waals surface area contributed by atoms with Gasteiger partial charge < -0.3 is 63.4 Å². The van der Waals surface area contributed by atoms with Gasteiger partial charge in [-0.05, 0) is 25.7 Å². The molecule has 0 saturated heterocycles. The number of carbonyl (C=O) groups excluding carboxylic acids is 2. The van der Waals surface area contributed by atoms with Gasteiger partial charge >= 0.3 is 49.7 Å². The second kappa shape index (κ2) is 25.1. The molecule has 25 heavy (non-hydrogen) atoms. The summed E-state index contributed by atoms with van der Waals surface area (Å²) >= 11 is 0. The van der Waals surface area contributed by atoms with Crippen molar-refractivity contribution in [2.24, 2.45) is 11.5 Å². The maximum atomic E-state index is 9.97. The molecule has 0 saturated carbocycles. The number of hydrogen-bond acceptors (Lipinski definition) is 8. The molecule has 0 rings (SSSR count). The molecule has 0 aromatic heterocycles. The van der Waals surface area contributed by atoms with E-state index in [1.54, 1.807) is 0 Å². The summed E-state index contributed by atoms with van der Waals surface area (Å²) < 4.78 is 0. The molecule has 0 spiro atoms. The molecule has 0 aliphatic rings. The van der Waals surface area contributed by atoms with E-state index in [9.17, 15) is 29.4 Å². The Kier molecular flexibility index (Phi) is 44.1. The molecule has 0 aliphatic carbocycles. The first-order valence-electron chi connectivity index (χ1n) is 5.44. The molecule has 0 amide bonds. The predicted octanol–water partition coefficient (Wildman–Crippen LogP) is -7.82. The van der Waals surface area contributed by atoms with Crippen molar-refractivity contribution in [3.8, 4) is 0 Å². The molecule has 15 heteroatoms. The van der Waals surface area contributed by atoms with Crippen LogP contribution in [0.4, 0.5) is 0 Å². The van der Waals surface area contributed by atoms with Crippen LogP contribution in [0, 0.1) is 0 Å². The monoisotopic (exact) mass is 404 g/mol. The van der Waals surface area contributed by atoms with Crippen LogP contribution in [0.1, 0.15) is 25.7 Å². The Bertz CT molecular complexity index is 334. The van der Waals surface area contributed by atoms with Crippen LogP contribution in [0.5, 0.6) is 0 Å². The molecular formula is C10H24CaN2O12. The largest absolute Gasteiger partial charge is 2.00 e. The molecular weight excluding hydrogens is 380 g/mol. The topological polar surface area (TPSA) is 333 Å². The molecule has 0 aromatic rings. The number of aliphatic carboxylic acids is 4. The first-order chi connectivity index (χ1) is 9.07. The van der Waals surface area contributed by atoms with Gasteiger partial charge in [0.1, 0.15) is 12.1 Å². The summed E-state index contributed by atoms with van der Waals surface area (Å²) in [6.45, 7) is 0. The van der Waals surface area contributed by atoms with Gasteiger partial charge in [-0.1, -0.05) is 0 Å². The van der Waals surface area contributed by atoms with Gasteiger partial charge in [0.05, 0.1) is 0 Å². The fourth-order valence-corrected chi connectivity index (χ4v) is 0.794. The minimum Gasteiger partial charge on any atom is -0.550 e. The van der Waals surface area contributed by atoms with Gasteiger partial charge in [-0.25, -0.2) is 0 Å². The SMILES string of the molecule is N[C@@H](CCC(=O)[O-])C(=O)O.N[C@@H](CCC(=O)[O-])C(=O)O.O.O.O.O.[Ca+2]. The van der Waals surface area contributed by atoms with Crippen molar-refractivity contribution >= 4 is 61.6 Å². The van der Waals surface area contributed by atoms with Crippen molar-refractivity contribution in [1.82, 2.24) is 0 Å². The fraction of sp³-hybridized carbons (Fsp3) is 0.600. The number of rotatable bonds is 8. The first-order valence-corrected chi connectivity index (χ1v) is 5.44. The zero-order valence-corrected chi connectivity index (χ0v) is 15.4. The molecule has 0 aliphatic heterocycles. The maximum Gasteiger partial charge on any atom is 2.00 e. The molecule has 14 nitrogen and oxygen atoms in total. The van der Waals surface area contributed by atoms with Gasteiger partial charge in [-0.2, -0.15) is 0 Å². The van der Waals surface area contributed by atoms with Gasteiger partial charge in [0.25, 0.3) is 0 Å². The van der Waals surface area contributed by atoms with E-state index < -0.39 is 36.0 Å². The summed E-state index contributed by atoms with van der Waals surface area (Å²) in [5, 5.41) is 35.8. The summed E-state index contributed by atoms with van der Waals surface area (Å²) in [6, 6.07) is -2.20. The number of hydrogen-bond donors (Lipinski definition) is 4. The molecule has 148 valence electrons. The van der Waals surface area contributed by atoms with Crippen molar-refractivity contribution in [2.75, 3.05) is 0 Å². The zero-order chi connectivity index (χ0) is 16.3. The second-order valence-electron chi connectivity index (χ2n) is 3.71. The number of carboxylic acid groups (broad SMARTS) is 4. The second-order valence-corrected chi connectivity index (χ2v) is 3.71. The Balaban J connectivity index is -0.0000000432. The van der Waals surface area contributed by atoms with Crippen molar-refractivity contribution in [2.45, 2.75) is 37.8 Å². The summed E-state index contributed by atoms with van der Waals surface area (Å²) in [4.78, 5) is 39.5. The molecule has 0 unspecified atom stereocenters. The van der Waals surface area contributed by atoms with E-state index in [1.807, 2.05) is 0 Å². The quantitative estimate of drug-likeness (QED) is 0.276. The smallest absolute Gasteiger partial charge is 0.550 e. The van der Waals surface area contributed by atoms with Gasteiger partial charge in [0.15, 0.2) is 0 Å². The first kappa shape index (κ1) is 43.9. The van der Waals surface area contributed by atoms with Crippen LogP contribution in [0.15, 0.2) is 0 Å². The van der Waals surface area contributed by atoms with E-state index in [4.69, 9.17) is 21.7 Å². The van der Waals surface area contributed by atoms with E-state index in [1.165, 1.54) is 0 Å². The van der Waals surface area contributed by atoms with Crippen LogP contribution in [0.2, 0.25) is 0 Å². The summed E-state index contributed by atoms with van der Waals surface area (Å²) in [5.41, 5.74) is 9.95. The van der Waals surface area contributed by atoms with E-state index in [-0.39, 0.29) is 85.3 Å². The average Bonchev–Trinajstić information content (AvgIpc) is 2.33. The van der Waals surface area contributed by atoms with Gasteiger partial charge in [0, 0.05) is 11.9 Å². The standard InChI is InChI=1S/2C5H9NO4.Ca.4H2O/c2*6-3(5(9)10)1-2-4(7)8;;;;;/h2*3H,1-2,6H2,(H,7,8)(H,9,10);;4*1H2/q;;+2;;;;/p-2/t2*3-;;;;;/m00...../s1. The van der Waals surface area contributed by atoms with Crippen LogP contribution < -0.4 is 21.7 Å². The molecule has 0 radical (unpaired) electrons. The third-order valence-electron chi connectivity index (χ3n) is 1.95. The van der Waals surface area contributed by atoms with E-state index in [0.29, 0.717) is 0 Å². The average molecular weight is 404 g/mol. The fourth-order valence-electron chi connectivity index (χ4n) is 0.794. The van der Waals surface area contributed by atoms with Crippen LogP contribution in [0.25, 0.3) is 0 Å².